The van der Waals surface area contributed by atoms with Gasteiger partial charge >= 0.3 is 0 Å². The van der Waals surface area contributed by atoms with Gasteiger partial charge in [0, 0.05) is 47.0 Å². The lowest BCUT2D eigenvalue weighted by Crippen LogP contribution is -2.30. The van der Waals surface area contributed by atoms with Crippen LogP contribution in [0.1, 0.15) is 0 Å². The summed E-state index contributed by atoms with van der Waals surface area (Å²) in [4.78, 5) is 1.89. The van der Waals surface area contributed by atoms with Gasteiger partial charge in [-0.2, -0.15) is 0 Å². The van der Waals surface area contributed by atoms with Gasteiger partial charge in [-0.25, -0.2) is 0 Å². The Morgan fingerprint density at radius 1 is 0.773 bits per heavy atom. The Labute approximate surface area is 129 Å². The van der Waals surface area contributed by atoms with Gasteiger partial charge in [-0.05, 0) is 30.3 Å². The van der Waals surface area contributed by atoms with E-state index in [1.807, 2.05) is 23.1 Å². The van der Waals surface area contributed by atoms with Crippen LogP contribution in [0.5, 0.6) is 0 Å². The van der Waals surface area contributed by atoms with Crippen LogP contribution in [0.2, 0.25) is 0 Å². The number of hydrogen-bond donors (Lipinski definition) is 5. The molecule has 0 saturated heterocycles. The minimum Gasteiger partial charge on any atom is -0.399 e. The lowest BCUT2D eigenvalue weighted by Gasteiger charge is -2.26. The summed E-state index contributed by atoms with van der Waals surface area (Å²) in [5.74, 6) is 0. The summed E-state index contributed by atoms with van der Waals surface area (Å²) in [7, 11) is 0. The molecule has 0 aliphatic carbocycles. The number of aliphatic hydroxyl groups excluding tert-OH is 2. The fraction of sp³-hybridized carbons (Fsp3) is 0.250. The third kappa shape index (κ3) is 3.41. The number of anilines is 4. The van der Waals surface area contributed by atoms with Gasteiger partial charge in [-0.3, -0.25) is 0 Å². The smallest absolute Gasteiger partial charge is 0.0606 e. The summed E-state index contributed by atoms with van der Waals surface area (Å²) in [6, 6.07) is 10.8. The van der Waals surface area contributed by atoms with Crippen molar-refractivity contribution < 1.29 is 10.2 Å². The van der Waals surface area contributed by atoms with E-state index in [4.69, 9.17) is 17.2 Å². The molecule has 0 unspecified atom stereocenters. The first kappa shape index (κ1) is 15.9. The zero-order chi connectivity index (χ0) is 16.1. The molecule has 0 fully saturated rings. The minimum absolute atomic E-state index is 0.0129. The van der Waals surface area contributed by atoms with Crippen molar-refractivity contribution in [2.75, 3.05) is 48.4 Å². The third-order valence-corrected chi connectivity index (χ3v) is 3.47. The van der Waals surface area contributed by atoms with E-state index in [1.54, 1.807) is 18.2 Å². The zero-order valence-electron chi connectivity index (χ0n) is 12.4. The molecule has 0 amide bonds. The molecular weight excluding hydrogens is 280 g/mol. The molecule has 0 bridgehead atoms. The highest BCUT2D eigenvalue weighted by atomic mass is 16.3. The predicted octanol–water partition coefficient (Wildman–Crippen LogP) is 0.891. The van der Waals surface area contributed by atoms with Gasteiger partial charge < -0.3 is 32.3 Å². The second-order valence-electron chi connectivity index (χ2n) is 5.06. The normalized spacial score (nSPS) is 10.6. The second kappa shape index (κ2) is 7.02. The Kier molecular flexibility index (Phi) is 5.08. The first-order chi connectivity index (χ1) is 10.6. The van der Waals surface area contributed by atoms with Crippen molar-refractivity contribution in [3.8, 4) is 11.1 Å². The van der Waals surface area contributed by atoms with Crippen LogP contribution >= 0.6 is 0 Å². The number of rotatable bonds is 6. The van der Waals surface area contributed by atoms with Crippen LogP contribution in [-0.4, -0.2) is 36.5 Å². The summed E-state index contributed by atoms with van der Waals surface area (Å²) in [5, 5.41) is 18.5. The maximum Gasteiger partial charge on any atom is 0.0606 e. The standard InChI is InChI=1S/C16H22N4O2/c17-11-2-4-16(20(5-7-21)6-8-22)14(9-11)13-3-1-12(18)10-15(13)19/h1-4,9-10,21-22H,5-8,17-19H2. The topological polar surface area (TPSA) is 122 Å². The van der Waals surface area contributed by atoms with E-state index in [2.05, 4.69) is 0 Å². The Morgan fingerprint density at radius 3 is 1.95 bits per heavy atom. The lowest BCUT2D eigenvalue weighted by molar-refractivity contribution is 0.281. The SMILES string of the molecule is Nc1ccc(-c2cc(N)ccc2N(CCO)CCO)c(N)c1. The molecule has 0 atom stereocenters. The van der Waals surface area contributed by atoms with Crippen LogP contribution in [0.3, 0.4) is 0 Å². The van der Waals surface area contributed by atoms with Crippen LogP contribution in [0.4, 0.5) is 22.7 Å². The zero-order valence-corrected chi connectivity index (χ0v) is 12.4. The quantitative estimate of drug-likeness (QED) is 0.505. The maximum absolute atomic E-state index is 9.24. The summed E-state index contributed by atoms with van der Waals surface area (Å²) < 4.78 is 0. The summed E-state index contributed by atoms with van der Waals surface area (Å²) in [6.07, 6.45) is 0. The molecule has 6 nitrogen and oxygen atoms in total. The van der Waals surface area contributed by atoms with Gasteiger partial charge in [-0.1, -0.05) is 6.07 Å². The third-order valence-electron chi connectivity index (χ3n) is 3.47. The minimum atomic E-state index is -0.0129. The Bertz CT molecular complexity index is 640. The van der Waals surface area contributed by atoms with Crippen molar-refractivity contribution in [3.05, 3.63) is 36.4 Å². The van der Waals surface area contributed by atoms with Gasteiger partial charge in [0.15, 0.2) is 0 Å². The molecule has 6 heteroatoms. The van der Waals surface area contributed by atoms with Gasteiger partial charge in [0.1, 0.15) is 0 Å². The van der Waals surface area contributed by atoms with E-state index in [-0.39, 0.29) is 13.2 Å². The van der Waals surface area contributed by atoms with E-state index >= 15 is 0 Å². The number of nitrogen functional groups attached to an aromatic ring is 3. The average Bonchev–Trinajstić information content (AvgIpc) is 2.47. The van der Waals surface area contributed by atoms with E-state index in [0.29, 0.717) is 30.2 Å². The molecule has 0 heterocycles. The molecule has 0 radical (unpaired) electrons. The Morgan fingerprint density at radius 2 is 1.36 bits per heavy atom. The second-order valence-corrected chi connectivity index (χ2v) is 5.06. The fourth-order valence-corrected chi connectivity index (χ4v) is 2.47. The van der Waals surface area contributed by atoms with Crippen molar-refractivity contribution in [1.29, 1.82) is 0 Å². The first-order valence-electron chi connectivity index (χ1n) is 7.08. The van der Waals surface area contributed by atoms with E-state index < -0.39 is 0 Å². The summed E-state index contributed by atoms with van der Waals surface area (Å²) >= 11 is 0. The molecular formula is C16H22N4O2. The summed E-state index contributed by atoms with van der Waals surface area (Å²) in [5.41, 5.74) is 22.0. The molecule has 8 N–H and O–H groups in total. The number of nitrogens with two attached hydrogens (primary N) is 3. The van der Waals surface area contributed by atoms with Crippen molar-refractivity contribution in [2.24, 2.45) is 0 Å². The lowest BCUT2D eigenvalue weighted by atomic mass is 9.99. The number of aliphatic hydroxyl groups is 2. The average molecular weight is 302 g/mol. The van der Waals surface area contributed by atoms with Gasteiger partial charge in [0.25, 0.3) is 0 Å². The Balaban J connectivity index is 2.56. The molecule has 0 aliphatic rings. The first-order valence-corrected chi connectivity index (χ1v) is 7.08. The number of nitrogens with zero attached hydrogens (tertiary/aromatic N) is 1. The van der Waals surface area contributed by atoms with Gasteiger partial charge in [-0.15, -0.1) is 0 Å². The summed E-state index contributed by atoms with van der Waals surface area (Å²) in [6.45, 7) is 0.792. The number of benzene rings is 2. The molecule has 0 aromatic heterocycles. The van der Waals surface area contributed by atoms with Crippen LogP contribution in [0.25, 0.3) is 11.1 Å². The highest BCUT2D eigenvalue weighted by molar-refractivity contribution is 5.88. The van der Waals surface area contributed by atoms with Crippen LogP contribution in [-0.2, 0) is 0 Å². The molecule has 0 spiro atoms. The van der Waals surface area contributed by atoms with Crippen LogP contribution in [0.15, 0.2) is 36.4 Å². The molecule has 118 valence electrons. The monoisotopic (exact) mass is 302 g/mol. The molecule has 2 rings (SSSR count). The molecule has 2 aromatic carbocycles. The highest BCUT2D eigenvalue weighted by Gasteiger charge is 2.14. The van der Waals surface area contributed by atoms with Crippen LogP contribution in [0, 0.1) is 0 Å². The largest absolute Gasteiger partial charge is 0.399 e. The van der Waals surface area contributed by atoms with Crippen molar-refractivity contribution in [2.45, 2.75) is 0 Å². The van der Waals surface area contributed by atoms with Crippen molar-refractivity contribution in [3.63, 3.8) is 0 Å². The molecule has 2 aromatic rings. The predicted molar refractivity (Wildman–Crippen MR) is 91.5 cm³/mol. The maximum atomic E-state index is 9.24. The van der Waals surface area contributed by atoms with E-state index in [9.17, 15) is 10.2 Å². The van der Waals surface area contributed by atoms with E-state index in [0.717, 1.165) is 16.8 Å². The molecule has 0 saturated carbocycles. The fourth-order valence-electron chi connectivity index (χ4n) is 2.47. The van der Waals surface area contributed by atoms with Gasteiger partial charge in [0.2, 0.25) is 0 Å². The van der Waals surface area contributed by atoms with E-state index in [1.165, 1.54) is 0 Å². The van der Waals surface area contributed by atoms with Crippen molar-refractivity contribution in [1.82, 2.24) is 0 Å². The highest BCUT2D eigenvalue weighted by Crippen LogP contribution is 2.36. The molecule has 0 aliphatic heterocycles. The Hall–Kier alpha value is -2.44. The molecule has 22 heavy (non-hydrogen) atoms. The number of hydrogen-bond acceptors (Lipinski definition) is 6. The van der Waals surface area contributed by atoms with Gasteiger partial charge in [0.05, 0.1) is 13.2 Å². The van der Waals surface area contributed by atoms with Crippen molar-refractivity contribution >= 4 is 22.7 Å². The van der Waals surface area contributed by atoms with Crippen LogP contribution < -0.4 is 22.1 Å².